The van der Waals surface area contributed by atoms with E-state index in [1.807, 2.05) is 0 Å². The van der Waals surface area contributed by atoms with Gasteiger partial charge >= 0.3 is 0 Å². The summed E-state index contributed by atoms with van der Waals surface area (Å²) in [5.74, 6) is 0.542. The minimum absolute atomic E-state index is 0.0240. The highest BCUT2D eigenvalue weighted by molar-refractivity contribution is 8.00. The van der Waals surface area contributed by atoms with E-state index in [2.05, 4.69) is 5.32 Å². The number of rotatable bonds is 12. The molecule has 1 saturated carbocycles. The molecule has 0 heterocycles. The van der Waals surface area contributed by atoms with E-state index >= 15 is 0 Å². The Labute approximate surface area is 141 Å². The highest BCUT2D eigenvalue weighted by Gasteiger charge is 2.30. The van der Waals surface area contributed by atoms with E-state index in [0.29, 0.717) is 44.9 Å². The van der Waals surface area contributed by atoms with Gasteiger partial charge in [0.05, 0.1) is 30.9 Å². The molecule has 0 aromatic carbocycles. The van der Waals surface area contributed by atoms with Crippen molar-refractivity contribution in [2.75, 3.05) is 32.1 Å². The van der Waals surface area contributed by atoms with Gasteiger partial charge in [-0.1, -0.05) is 6.42 Å². The second-order valence-corrected chi connectivity index (χ2v) is 6.85. The van der Waals surface area contributed by atoms with Gasteiger partial charge in [-0.2, -0.15) is 0 Å². The predicted octanol–water partition coefficient (Wildman–Crippen LogP) is -0.391. The monoisotopic (exact) mass is 345 g/mol. The Balaban J connectivity index is 1.95. The Hall–Kier alpha value is -0.960. The second kappa shape index (κ2) is 11.6. The molecular weight excluding hydrogens is 318 g/mol. The third-order valence-electron chi connectivity index (χ3n) is 3.54. The summed E-state index contributed by atoms with van der Waals surface area (Å²) in [6.45, 7) is 1.91. The molecular formula is C15H27N3O4S. The maximum Gasteiger partial charge on any atom is 0.236 e. The summed E-state index contributed by atoms with van der Waals surface area (Å²) in [4.78, 5) is 34.2. The zero-order valence-corrected chi connectivity index (χ0v) is 14.2. The number of carbonyl (C=O) groups excluding carboxylic acids is 3. The fraction of sp³-hybridized carbons (Fsp3) is 0.800. The summed E-state index contributed by atoms with van der Waals surface area (Å²) in [5, 5.41) is 2.53. The van der Waals surface area contributed by atoms with Gasteiger partial charge in [-0.15, -0.1) is 11.8 Å². The van der Waals surface area contributed by atoms with Gasteiger partial charge < -0.3 is 21.5 Å². The molecule has 8 heteroatoms. The number of thioether (sulfide) groups is 1. The van der Waals surface area contributed by atoms with Crippen molar-refractivity contribution in [3.63, 3.8) is 0 Å². The third kappa shape index (κ3) is 8.45. The average molecular weight is 345 g/mol. The first-order chi connectivity index (χ1) is 11.0. The van der Waals surface area contributed by atoms with E-state index in [-0.39, 0.29) is 29.1 Å². The van der Waals surface area contributed by atoms with E-state index in [0.717, 1.165) is 12.8 Å². The van der Waals surface area contributed by atoms with Crippen LogP contribution in [0.15, 0.2) is 0 Å². The number of ketones is 2. The zero-order chi connectivity index (χ0) is 17.1. The second-order valence-electron chi connectivity index (χ2n) is 5.54. The summed E-state index contributed by atoms with van der Waals surface area (Å²) in [5.41, 5.74) is 11.1. The first-order valence-electron chi connectivity index (χ1n) is 8.01. The number of unbranched alkanes of at least 4 members (excludes halogenated alkanes) is 1. The summed E-state index contributed by atoms with van der Waals surface area (Å²) >= 11 is 1.46. The van der Waals surface area contributed by atoms with Crippen LogP contribution in [0.1, 0.15) is 32.1 Å². The number of nitrogens with two attached hydrogens (primary N) is 2. The van der Waals surface area contributed by atoms with Crippen LogP contribution in [0, 0.1) is 0 Å². The number of nitrogens with one attached hydrogen (secondary N) is 1. The minimum Gasteiger partial charge on any atom is -0.379 e. The minimum atomic E-state index is -0.497. The maximum atomic E-state index is 11.7. The maximum absolute atomic E-state index is 11.7. The summed E-state index contributed by atoms with van der Waals surface area (Å²) < 4.78 is 5.40. The predicted molar refractivity (Wildman–Crippen MR) is 90.2 cm³/mol. The quantitative estimate of drug-likeness (QED) is 0.325. The lowest BCUT2D eigenvalue weighted by Crippen LogP contribution is -2.41. The Morgan fingerprint density at radius 2 is 2.13 bits per heavy atom. The molecule has 1 fully saturated rings. The van der Waals surface area contributed by atoms with Gasteiger partial charge in [-0.25, -0.2) is 0 Å². The molecule has 1 aliphatic carbocycles. The lowest BCUT2D eigenvalue weighted by atomic mass is 10.1. The third-order valence-corrected chi connectivity index (χ3v) is 4.78. The van der Waals surface area contributed by atoms with Gasteiger partial charge in [-0.05, 0) is 19.4 Å². The molecule has 0 aromatic heterocycles. The smallest absolute Gasteiger partial charge is 0.236 e. The van der Waals surface area contributed by atoms with Crippen LogP contribution >= 0.6 is 11.8 Å². The summed E-state index contributed by atoms with van der Waals surface area (Å²) in [7, 11) is 0. The van der Waals surface area contributed by atoms with E-state index < -0.39 is 6.04 Å². The molecule has 2 unspecified atom stereocenters. The number of amides is 1. The normalized spacial score (nSPS) is 19.1. The number of hydrogen-bond acceptors (Lipinski definition) is 7. The van der Waals surface area contributed by atoms with Crippen LogP contribution in [0.2, 0.25) is 0 Å². The molecule has 0 aromatic rings. The van der Waals surface area contributed by atoms with Crippen LogP contribution in [0.4, 0.5) is 0 Å². The number of Topliss-reactive ketones (excluding diaryl/α,β-unsaturated/α-hetero) is 2. The van der Waals surface area contributed by atoms with E-state index in [1.54, 1.807) is 0 Å². The summed E-state index contributed by atoms with van der Waals surface area (Å²) in [6, 6.07) is -0.497. The molecule has 132 valence electrons. The van der Waals surface area contributed by atoms with Gasteiger partial charge in [0, 0.05) is 18.7 Å². The van der Waals surface area contributed by atoms with Crippen molar-refractivity contribution in [2.45, 2.75) is 43.4 Å². The number of ether oxygens (including phenoxy) is 1. The molecule has 1 aliphatic rings. The van der Waals surface area contributed by atoms with Crippen LogP contribution in [-0.4, -0.2) is 60.8 Å². The SMILES string of the molecule is NCCCCC(N)C(=O)NCCOCCSC1CC(=O)CC1=O. The first-order valence-corrected chi connectivity index (χ1v) is 9.06. The van der Waals surface area contributed by atoms with Crippen LogP contribution in [0.3, 0.4) is 0 Å². The fourth-order valence-corrected chi connectivity index (χ4v) is 3.29. The Morgan fingerprint density at radius 1 is 1.35 bits per heavy atom. The Bertz CT molecular complexity index is 406. The molecule has 1 amide bonds. The highest BCUT2D eigenvalue weighted by Crippen LogP contribution is 2.24. The van der Waals surface area contributed by atoms with E-state index in [1.165, 1.54) is 11.8 Å². The van der Waals surface area contributed by atoms with Gasteiger partial charge in [0.1, 0.15) is 5.78 Å². The van der Waals surface area contributed by atoms with Crippen molar-refractivity contribution in [1.82, 2.24) is 5.32 Å². The molecule has 0 saturated heterocycles. The van der Waals surface area contributed by atoms with Gasteiger partial charge in [0.2, 0.25) is 5.91 Å². The molecule has 0 radical (unpaired) electrons. The molecule has 5 N–H and O–H groups in total. The lowest BCUT2D eigenvalue weighted by Gasteiger charge is -2.12. The van der Waals surface area contributed by atoms with Crippen molar-refractivity contribution in [3.05, 3.63) is 0 Å². The Kier molecular flexibility index (Phi) is 10.1. The van der Waals surface area contributed by atoms with Crippen LogP contribution in [0.25, 0.3) is 0 Å². The van der Waals surface area contributed by atoms with Crippen molar-refractivity contribution in [2.24, 2.45) is 11.5 Å². The van der Waals surface area contributed by atoms with Crippen LogP contribution in [-0.2, 0) is 19.1 Å². The van der Waals surface area contributed by atoms with Crippen molar-refractivity contribution < 1.29 is 19.1 Å². The summed E-state index contributed by atoms with van der Waals surface area (Å²) in [6.07, 6.45) is 2.78. The molecule has 1 rings (SSSR count). The molecule has 23 heavy (non-hydrogen) atoms. The van der Waals surface area contributed by atoms with Crippen molar-refractivity contribution in [3.8, 4) is 0 Å². The van der Waals surface area contributed by atoms with Crippen LogP contribution in [0.5, 0.6) is 0 Å². The topological polar surface area (TPSA) is 125 Å². The molecule has 0 spiro atoms. The van der Waals surface area contributed by atoms with Gasteiger partial charge in [0.15, 0.2) is 5.78 Å². The van der Waals surface area contributed by atoms with Gasteiger partial charge in [-0.3, -0.25) is 14.4 Å². The van der Waals surface area contributed by atoms with Crippen LogP contribution < -0.4 is 16.8 Å². The average Bonchev–Trinajstić information content (AvgIpc) is 2.84. The van der Waals surface area contributed by atoms with E-state index in [9.17, 15) is 14.4 Å². The zero-order valence-electron chi connectivity index (χ0n) is 13.4. The van der Waals surface area contributed by atoms with Gasteiger partial charge in [0.25, 0.3) is 0 Å². The van der Waals surface area contributed by atoms with E-state index in [4.69, 9.17) is 16.2 Å². The van der Waals surface area contributed by atoms with Crippen molar-refractivity contribution >= 4 is 29.2 Å². The lowest BCUT2D eigenvalue weighted by molar-refractivity contribution is -0.123. The highest BCUT2D eigenvalue weighted by atomic mass is 32.2. The number of carbonyl (C=O) groups is 3. The molecule has 7 nitrogen and oxygen atoms in total. The molecule has 0 bridgehead atoms. The molecule has 2 atom stereocenters. The Morgan fingerprint density at radius 3 is 2.78 bits per heavy atom. The largest absolute Gasteiger partial charge is 0.379 e. The fourth-order valence-electron chi connectivity index (χ4n) is 2.22. The molecule has 0 aliphatic heterocycles. The van der Waals surface area contributed by atoms with Crippen molar-refractivity contribution in [1.29, 1.82) is 0 Å². The first kappa shape index (κ1) is 20.1. The number of hydrogen-bond donors (Lipinski definition) is 3. The standard InChI is InChI=1S/C15H27N3O4S/c16-4-2-1-3-12(17)15(21)18-5-6-22-7-8-23-14-10-11(19)9-13(14)20/h12,14H,1-10,16-17H2,(H,18,21).